The summed E-state index contributed by atoms with van der Waals surface area (Å²) in [7, 11) is 0. The van der Waals surface area contributed by atoms with Crippen LogP contribution in [-0.2, 0) is 14.4 Å². The van der Waals surface area contributed by atoms with E-state index in [-0.39, 0.29) is 30.8 Å². The highest BCUT2D eigenvalue weighted by Crippen LogP contribution is 2.20. The monoisotopic (exact) mass is 402 g/mol. The number of carbonyl (C=O) groups excluding carboxylic acids is 3. The molecule has 0 spiro atoms. The van der Waals surface area contributed by atoms with Crippen LogP contribution < -0.4 is 16.0 Å². The number of likely N-dealkylation sites (N-methyl/N-ethyl adjacent to an activating group) is 1. The van der Waals surface area contributed by atoms with Crippen molar-refractivity contribution in [2.45, 2.75) is 13.8 Å². The van der Waals surface area contributed by atoms with Crippen molar-refractivity contribution >= 4 is 46.4 Å². The van der Waals surface area contributed by atoms with Gasteiger partial charge in [-0.3, -0.25) is 19.3 Å². The normalized spacial score (nSPS) is 10.4. The molecule has 0 heterocycles. The number of hydrogen-bond acceptors (Lipinski definition) is 4. The fourth-order valence-corrected chi connectivity index (χ4v) is 2.66. The lowest BCUT2D eigenvalue weighted by Crippen LogP contribution is -2.38. The van der Waals surface area contributed by atoms with Gasteiger partial charge < -0.3 is 16.0 Å². The predicted octanol–water partition coefficient (Wildman–Crippen LogP) is 3.20. The molecule has 2 rings (SSSR count). The maximum Gasteiger partial charge on any atom is 0.238 e. The van der Waals surface area contributed by atoms with Crippen molar-refractivity contribution in [3.63, 3.8) is 0 Å². The van der Waals surface area contributed by atoms with Gasteiger partial charge in [-0.2, -0.15) is 0 Å². The molecule has 3 amide bonds. The van der Waals surface area contributed by atoms with Gasteiger partial charge in [0.05, 0.1) is 23.8 Å². The Labute approximate surface area is 169 Å². The molecule has 7 nitrogen and oxygen atoms in total. The van der Waals surface area contributed by atoms with Gasteiger partial charge in [0.25, 0.3) is 0 Å². The molecule has 0 aromatic heterocycles. The third kappa shape index (κ3) is 7.02. The second-order valence-electron chi connectivity index (χ2n) is 6.14. The molecule has 0 saturated carbocycles. The first-order valence-electron chi connectivity index (χ1n) is 8.81. The van der Waals surface area contributed by atoms with Gasteiger partial charge >= 0.3 is 0 Å². The van der Waals surface area contributed by atoms with E-state index in [4.69, 9.17) is 11.6 Å². The number of hydrogen-bond donors (Lipinski definition) is 3. The number of para-hydroxylation sites is 1. The summed E-state index contributed by atoms with van der Waals surface area (Å²) in [6.07, 6.45) is 0. The number of halogens is 1. The van der Waals surface area contributed by atoms with Crippen molar-refractivity contribution in [3.05, 3.63) is 53.6 Å². The van der Waals surface area contributed by atoms with Gasteiger partial charge in [0.2, 0.25) is 17.7 Å². The third-order valence-electron chi connectivity index (χ3n) is 3.82. The first kappa shape index (κ1) is 21.4. The van der Waals surface area contributed by atoms with Gasteiger partial charge in [0.1, 0.15) is 0 Å². The van der Waals surface area contributed by atoms with Crippen molar-refractivity contribution in [2.24, 2.45) is 0 Å². The number of nitrogens with zero attached hydrogens (tertiary/aromatic N) is 1. The van der Waals surface area contributed by atoms with E-state index >= 15 is 0 Å². The van der Waals surface area contributed by atoms with Crippen LogP contribution in [0.2, 0.25) is 5.02 Å². The lowest BCUT2D eigenvalue weighted by Gasteiger charge is -2.19. The zero-order valence-corrected chi connectivity index (χ0v) is 16.5. The molecule has 0 aliphatic heterocycles. The highest BCUT2D eigenvalue weighted by atomic mass is 35.5. The average molecular weight is 403 g/mol. The number of nitrogens with one attached hydrogen (secondary N) is 3. The fraction of sp³-hybridized carbons (Fsp3) is 0.250. The quantitative estimate of drug-likeness (QED) is 0.632. The van der Waals surface area contributed by atoms with Crippen LogP contribution in [0.1, 0.15) is 13.8 Å². The van der Waals surface area contributed by atoms with Crippen molar-refractivity contribution < 1.29 is 14.4 Å². The third-order valence-corrected chi connectivity index (χ3v) is 4.15. The van der Waals surface area contributed by atoms with Gasteiger partial charge in [0, 0.05) is 18.3 Å². The van der Waals surface area contributed by atoms with Crippen molar-refractivity contribution in [2.75, 3.05) is 35.6 Å². The lowest BCUT2D eigenvalue weighted by atomic mass is 10.2. The summed E-state index contributed by atoms with van der Waals surface area (Å²) in [5.74, 6) is -0.646. The average Bonchev–Trinajstić information content (AvgIpc) is 2.64. The molecule has 0 radical (unpaired) electrons. The minimum atomic E-state index is -0.248. The number of amides is 3. The highest BCUT2D eigenvalue weighted by Gasteiger charge is 2.14. The van der Waals surface area contributed by atoms with Crippen molar-refractivity contribution in [3.8, 4) is 0 Å². The molecule has 3 N–H and O–H groups in total. The molecule has 0 aliphatic carbocycles. The van der Waals surface area contributed by atoms with E-state index in [1.807, 2.05) is 6.92 Å². The minimum Gasteiger partial charge on any atom is -0.326 e. The second-order valence-corrected chi connectivity index (χ2v) is 6.55. The van der Waals surface area contributed by atoms with Crippen LogP contribution in [0.4, 0.5) is 17.1 Å². The summed E-state index contributed by atoms with van der Waals surface area (Å²) in [6.45, 7) is 3.97. The molecule has 0 aliphatic rings. The molecule has 0 bridgehead atoms. The molecule has 0 saturated heterocycles. The maximum atomic E-state index is 12.3. The zero-order valence-electron chi connectivity index (χ0n) is 15.8. The smallest absolute Gasteiger partial charge is 0.238 e. The van der Waals surface area contributed by atoms with Gasteiger partial charge in [0.15, 0.2) is 0 Å². The van der Waals surface area contributed by atoms with Crippen LogP contribution in [0.25, 0.3) is 0 Å². The Kier molecular flexibility index (Phi) is 7.98. The van der Waals surface area contributed by atoms with E-state index in [0.29, 0.717) is 28.6 Å². The summed E-state index contributed by atoms with van der Waals surface area (Å²) >= 11 is 6.04. The zero-order chi connectivity index (χ0) is 20.5. The SMILES string of the molecule is CCN(CC(=O)Nc1ccc(NC(C)=O)cc1)CC(=O)Nc1ccccc1Cl. The Bertz CT molecular complexity index is 840. The van der Waals surface area contributed by atoms with Gasteiger partial charge in [-0.1, -0.05) is 30.7 Å². The van der Waals surface area contributed by atoms with Crippen LogP contribution in [-0.4, -0.2) is 42.3 Å². The number of benzene rings is 2. The van der Waals surface area contributed by atoms with Crippen LogP contribution in [0, 0.1) is 0 Å². The Balaban J connectivity index is 1.86. The highest BCUT2D eigenvalue weighted by molar-refractivity contribution is 6.33. The standard InChI is InChI=1S/C20H23ClN4O3/c1-3-25(13-20(28)24-18-7-5-4-6-17(18)21)12-19(27)23-16-10-8-15(9-11-16)22-14(2)26/h4-11H,3,12-13H2,1-2H3,(H,22,26)(H,23,27)(H,24,28). The van der Waals surface area contributed by atoms with Crippen molar-refractivity contribution in [1.82, 2.24) is 4.90 Å². The van der Waals surface area contributed by atoms with E-state index in [2.05, 4.69) is 16.0 Å². The van der Waals surface area contributed by atoms with Gasteiger partial charge in [-0.05, 0) is 42.9 Å². The van der Waals surface area contributed by atoms with E-state index in [0.717, 1.165) is 0 Å². The van der Waals surface area contributed by atoms with Crippen LogP contribution in [0.3, 0.4) is 0 Å². The Hall–Kier alpha value is -2.90. The summed E-state index contributed by atoms with van der Waals surface area (Å²) in [6, 6.07) is 13.8. The van der Waals surface area contributed by atoms with E-state index in [1.165, 1.54) is 6.92 Å². The molecule has 28 heavy (non-hydrogen) atoms. The van der Waals surface area contributed by atoms with Crippen LogP contribution in [0.15, 0.2) is 48.5 Å². The topological polar surface area (TPSA) is 90.5 Å². The number of rotatable bonds is 8. The minimum absolute atomic E-state index is 0.0661. The van der Waals surface area contributed by atoms with E-state index in [1.54, 1.807) is 53.4 Å². The predicted molar refractivity (Wildman–Crippen MR) is 112 cm³/mol. The summed E-state index contributed by atoms with van der Waals surface area (Å²) in [4.78, 5) is 37.2. The first-order valence-corrected chi connectivity index (χ1v) is 9.19. The summed E-state index contributed by atoms with van der Waals surface area (Å²) in [5, 5.41) is 8.63. The van der Waals surface area contributed by atoms with Gasteiger partial charge in [-0.15, -0.1) is 0 Å². The lowest BCUT2D eigenvalue weighted by molar-refractivity contribution is -0.120. The molecule has 2 aromatic rings. The Morgan fingerprint density at radius 2 is 1.39 bits per heavy atom. The number of anilines is 3. The molecule has 0 fully saturated rings. The van der Waals surface area contributed by atoms with Crippen LogP contribution >= 0.6 is 11.6 Å². The second kappa shape index (κ2) is 10.4. The summed E-state index contributed by atoms with van der Waals surface area (Å²) < 4.78 is 0. The summed E-state index contributed by atoms with van der Waals surface area (Å²) in [5.41, 5.74) is 1.79. The van der Waals surface area contributed by atoms with Gasteiger partial charge in [-0.25, -0.2) is 0 Å². The van der Waals surface area contributed by atoms with Crippen LogP contribution in [0.5, 0.6) is 0 Å². The maximum absolute atomic E-state index is 12.3. The Morgan fingerprint density at radius 3 is 1.93 bits per heavy atom. The van der Waals surface area contributed by atoms with Crippen molar-refractivity contribution in [1.29, 1.82) is 0 Å². The molecule has 8 heteroatoms. The molecule has 0 atom stereocenters. The fourth-order valence-electron chi connectivity index (χ4n) is 2.48. The van der Waals surface area contributed by atoms with E-state index < -0.39 is 0 Å². The molecular formula is C20H23ClN4O3. The largest absolute Gasteiger partial charge is 0.326 e. The first-order chi connectivity index (χ1) is 13.4. The molecule has 0 unspecified atom stereocenters. The molecule has 148 valence electrons. The number of carbonyl (C=O) groups is 3. The molecule has 2 aromatic carbocycles. The van der Waals surface area contributed by atoms with E-state index in [9.17, 15) is 14.4 Å². The Morgan fingerprint density at radius 1 is 0.857 bits per heavy atom. The molecular weight excluding hydrogens is 380 g/mol.